The molecule has 7 heteroatoms. The molecule has 0 saturated heterocycles. The lowest BCUT2D eigenvalue weighted by Crippen LogP contribution is -2.09. The van der Waals surface area contributed by atoms with Crippen LogP contribution in [0, 0.1) is 0 Å². The first kappa shape index (κ1) is 13.1. The number of methoxy groups -OCH3 is 1. The Labute approximate surface area is 119 Å². The third-order valence-corrected chi connectivity index (χ3v) is 3.68. The average molecular weight is 376 g/mol. The van der Waals surface area contributed by atoms with Crippen LogP contribution < -0.4 is 10.3 Å². The number of aromatic nitrogens is 2. The van der Waals surface area contributed by atoms with Crippen LogP contribution in [0.25, 0.3) is 11.4 Å². The van der Waals surface area contributed by atoms with E-state index in [-0.39, 0.29) is 16.2 Å². The van der Waals surface area contributed by atoms with Gasteiger partial charge in [-0.25, -0.2) is 0 Å². The van der Waals surface area contributed by atoms with Gasteiger partial charge in [-0.15, -0.1) is 0 Å². The molecule has 0 bridgehead atoms. The van der Waals surface area contributed by atoms with Gasteiger partial charge in [0.2, 0.25) is 5.88 Å². The third-order valence-electron chi connectivity index (χ3n) is 2.27. The van der Waals surface area contributed by atoms with Gasteiger partial charge in [-0.05, 0) is 34.1 Å². The molecule has 18 heavy (non-hydrogen) atoms. The van der Waals surface area contributed by atoms with Crippen LogP contribution in [-0.2, 0) is 0 Å². The maximum absolute atomic E-state index is 11.6. The summed E-state index contributed by atoms with van der Waals surface area (Å²) in [6.45, 7) is 0. The number of benzene rings is 1. The smallest absolute Gasteiger partial charge is 0.269 e. The van der Waals surface area contributed by atoms with Crippen molar-refractivity contribution in [1.29, 1.82) is 0 Å². The topological polar surface area (TPSA) is 75.2 Å². The molecule has 0 fully saturated rings. The third kappa shape index (κ3) is 2.41. The maximum Gasteiger partial charge on any atom is 0.269 e. The molecular formula is C11H8Br2N2O3. The van der Waals surface area contributed by atoms with E-state index in [2.05, 4.69) is 41.8 Å². The Kier molecular flexibility index (Phi) is 3.72. The second kappa shape index (κ2) is 5.11. The van der Waals surface area contributed by atoms with E-state index in [9.17, 15) is 9.90 Å². The molecule has 1 aromatic carbocycles. The first-order valence-electron chi connectivity index (χ1n) is 4.85. The zero-order valence-electron chi connectivity index (χ0n) is 9.20. The monoisotopic (exact) mass is 374 g/mol. The van der Waals surface area contributed by atoms with Crippen molar-refractivity contribution in [1.82, 2.24) is 9.97 Å². The van der Waals surface area contributed by atoms with Crippen molar-refractivity contribution in [3.05, 3.63) is 37.5 Å². The summed E-state index contributed by atoms with van der Waals surface area (Å²) in [4.78, 5) is 18.0. The molecule has 1 heterocycles. The molecule has 94 valence electrons. The molecular weight excluding hydrogens is 368 g/mol. The minimum absolute atomic E-state index is 0.00488. The number of rotatable bonds is 2. The largest absolute Gasteiger partial charge is 0.497 e. The number of ether oxygens (including phenoxy) is 1. The first-order valence-corrected chi connectivity index (χ1v) is 6.44. The Bertz CT molecular complexity index is 655. The summed E-state index contributed by atoms with van der Waals surface area (Å²) in [6.07, 6.45) is 0. The van der Waals surface area contributed by atoms with Gasteiger partial charge in [-0.3, -0.25) is 4.79 Å². The highest BCUT2D eigenvalue weighted by Crippen LogP contribution is 2.30. The van der Waals surface area contributed by atoms with Gasteiger partial charge < -0.3 is 14.8 Å². The van der Waals surface area contributed by atoms with Gasteiger partial charge in [0.15, 0.2) is 0 Å². The highest BCUT2D eigenvalue weighted by Gasteiger charge is 2.12. The van der Waals surface area contributed by atoms with E-state index >= 15 is 0 Å². The molecule has 5 nitrogen and oxygen atoms in total. The number of aromatic amines is 1. The van der Waals surface area contributed by atoms with Crippen molar-refractivity contribution in [2.45, 2.75) is 0 Å². The van der Waals surface area contributed by atoms with Crippen molar-refractivity contribution in [2.75, 3.05) is 7.11 Å². The molecule has 2 aromatic rings. The summed E-state index contributed by atoms with van der Waals surface area (Å²) in [5.41, 5.74) is 0.168. The van der Waals surface area contributed by atoms with E-state index in [1.807, 2.05) is 0 Å². The van der Waals surface area contributed by atoms with E-state index in [0.717, 1.165) is 4.47 Å². The van der Waals surface area contributed by atoms with E-state index in [1.165, 1.54) is 0 Å². The molecule has 1 aromatic heterocycles. The Balaban J connectivity index is 2.65. The molecule has 2 rings (SSSR count). The number of H-pyrrole nitrogens is 1. The van der Waals surface area contributed by atoms with Crippen molar-refractivity contribution < 1.29 is 9.84 Å². The summed E-state index contributed by atoms with van der Waals surface area (Å²) < 4.78 is 5.84. The van der Waals surface area contributed by atoms with Gasteiger partial charge in [-0.2, -0.15) is 4.98 Å². The van der Waals surface area contributed by atoms with Crippen LogP contribution in [0.1, 0.15) is 0 Å². The fourth-order valence-corrected chi connectivity index (χ4v) is 2.01. The van der Waals surface area contributed by atoms with Crippen LogP contribution in [0.4, 0.5) is 0 Å². The van der Waals surface area contributed by atoms with Crippen molar-refractivity contribution >= 4 is 31.9 Å². The molecule has 0 aliphatic heterocycles. The highest BCUT2D eigenvalue weighted by atomic mass is 79.9. The van der Waals surface area contributed by atoms with Crippen LogP contribution in [-0.4, -0.2) is 22.2 Å². The zero-order chi connectivity index (χ0) is 13.3. The predicted molar refractivity (Wildman–Crippen MR) is 73.9 cm³/mol. The van der Waals surface area contributed by atoms with Gasteiger partial charge in [0.1, 0.15) is 16.0 Å². The SMILES string of the molecule is COc1ccc(Br)c(-c2nc(O)c(Br)c(=O)[nH]2)c1. The van der Waals surface area contributed by atoms with Gasteiger partial charge in [-0.1, -0.05) is 15.9 Å². The second-order valence-electron chi connectivity index (χ2n) is 3.40. The second-order valence-corrected chi connectivity index (χ2v) is 5.05. The molecule has 0 aliphatic carbocycles. The summed E-state index contributed by atoms with van der Waals surface area (Å²) in [5.74, 6) is 0.521. The van der Waals surface area contributed by atoms with Crippen molar-refractivity contribution in [2.24, 2.45) is 0 Å². The molecule has 0 aliphatic rings. The predicted octanol–water partition coefficient (Wildman–Crippen LogP) is 2.68. The number of nitrogens with one attached hydrogen (secondary N) is 1. The Morgan fingerprint density at radius 2 is 2.11 bits per heavy atom. The fourth-order valence-electron chi connectivity index (χ4n) is 1.39. The molecule has 0 unspecified atom stereocenters. The van der Waals surface area contributed by atoms with Crippen molar-refractivity contribution in [3.63, 3.8) is 0 Å². The van der Waals surface area contributed by atoms with E-state index in [1.54, 1.807) is 25.3 Å². The van der Waals surface area contributed by atoms with Crippen LogP contribution in [0.5, 0.6) is 11.6 Å². The van der Waals surface area contributed by atoms with Crippen LogP contribution in [0.3, 0.4) is 0 Å². The summed E-state index contributed by atoms with van der Waals surface area (Å²) in [7, 11) is 1.54. The van der Waals surface area contributed by atoms with E-state index in [0.29, 0.717) is 11.3 Å². The number of nitrogens with zero attached hydrogens (tertiary/aromatic N) is 1. The molecule has 0 amide bonds. The Morgan fingerprint density at radius 1 is 1.39 bits per heavy atom. The summed E-state index contributed by atoms with van der Waals surface area (Å²) in [5, 5.41) is 9.54. The first-order chi connectivity index (χ1) is 8.52. The Morgan fingerprint density at radius 3 is 2.72 bits per heavy atom. The zero-order valence-corrected chi connectivity index (χ0v) is 12.4. The van der Waals surface area contributed by atoms with Crippen LogP contribution in [0.2, 0.25) is 0 Å². The lowest BCUT2D eigenvalue weighted by Gasteiger charge is -2.07. The number of aromatic hydroxyl groups is 1. The maximum atomic E-state index is 11.6. The number of hydrogen-bond acceptors (Lipinski definition) is 4. The van der Waals surface area contributed by atoms with Gasteiger partial charge >= 0.3 is 0 Å². The molecule has 0 saturated carbocycles. The molecule has 2 N–H and O–H groups in total. The fraction of sp³-hybridized carbons (Fsp3) is 0.0909. The van der Waals surface area contributed by atoms with Gasteiger partial charge in [0.05, 0.1) is 7.11 Å². The molecule has 0 atom stereocenters. The lowest BCUT2D eigenvalue weighted by atomic mass is 10.2. The average Bonchev–Trinajstić information content (AvgIpc) is 2.36. The minimum Gasteiger partial charge on any atom is -0.497 e. The number of halogens is 2. The number of hydrogen-bond donors (Lipinski definition) is 2. The molecule has 0 spiro atoms. The quantitative estimate of drug-likeness (QED) is 0.846. The van der Waals surface area contributed by atoms with Crippen LogP contribution in [0.15, 0.2) is 31.9 Å². The molecule has 0 radical (unpaired) electrons. The lowest BCUT2D eigenvalue weighted by molar-refractivity contribution is 0.415. The van der Waals surface area contributed by atoms with Gasteiger partial charge in [0, 0.05) is 10.0 Å². The van der Waals surface area contributed by atoms with E-state index in [4.69, 9.17) is 4.74 Å². The van der Waals surface area contributed by atoms with E-state index < -0.39 is 5.56 Å². The highest BCUT2D eigenvalue weighted by molar-refractivity contribution is 9.10. The standard InChI is InChI=1S/C11H8Br2N2O3/c1-18-5-2-3-7(12)6(4-5)9-14-10(16)8(13)11(17)15-9/h2-4H,1H3,(H2,14,15,16,17). The Hall–Kier alpha value is -1.34. The summed E-state index contributed by atoms with van der Waals surface area (Å²) >= 11 is 6.29. The van der Waals surface area contributed by atoms with Crippen LogP contribution >= 0.6 is 31.9 Å². The van der Waals surface area contributed by atoms with Crippen molar-refractivity contribution in [3.8, 4) is 23.0 Å². The minimum atomic E-state index is -0.452. The normalized spacial score (nSPS) is 10.4. The summed E-state index contributed by atoms with van der Waals surface area (Å²) in [6, 6.07) is 5.24. The van der Waals surface area contributed by atoms with Gasteiger partial charge in [0.25, 0.3) is 5.56 Å².